The van der Waals surface area contributed by atoms with Gasteiger partial charge in [0.2, 0.25) is 5.91 Å². The van der Waals surface area contributed by atoms with Crippen LogP contribution in [0.5, 0.6) is 0 Å². The monoisotopic (exact) mass is 344 g/mol. The van der Waals surface area contributed by atoms with E-state index in [4.69, 9.17) is 5.73 Å². The SMILES string of the molecule is Nc1ncnc2c1CCN(C(=O)C(c1ccccc1)c1ccccc1)C2. The number of benzene rings is 2. The quantitative estimate of drug-likeness (QED) is 0.793. The van der Waals surface area contributed by atoms with E-state index in [2.05, 4.69) is 9.97 Å². The second-order valence-electron chi connectivity index (χ2n) is 6.45. The van der Waals surface area contributed by atoms with Crippen molar-refractivity contribution in [3.8, 4) is 0 Å². The van der Waals surface area contributed by atoms with E-state index >= 15 is 0 Å². The minimum atomic E-state index is -0.321. The molecule has 1 aliphatic rings. The smallest absolute Gasteiger partial charge is 0.234 e. The third-order valence-corrected chi connectivity index (χ3v) is 4.86. The van der Waals surface area contributed by atoms with Crippen molar-refractivity contribution in [2.45, 2.75) is 18.9 Å². The van der Waals surface area contributed by atoms with Crippen LogP contribution in [0.15, 0.2) is 67.0 Å². The number of fused-ring (bicyclic) bond motifs is 1. The van der Waals surface area contributed by atoms with Gasteiger partial charge in [-0.1, -0.05) is 60.7 Å². The molecule has 0 atom stereocenters. The Balaban J connectivity index is 1.68. The summed E-state index contributed by atoms with van der Waals surface area (Å²) in [6, 6.07) is 19.8. The summed E-state index contributed by atoms with van der Waals surface area (Å²) in [4.78, 5) is 23.7. The molecule has 2 heterocycles. The van der Waals surface area contributed by atoms with Crippen LogP contribution in [0.25, 0.3) is 0 Å². The van der Waals surface area contributed by atoms with Crippen molar-refractivity contribution in [3.05, 3.63) is 89.4 Å². The van der Waals surface area contributed by atoms with Crippen LogP contribution in [0.3, 0.4) is 0 Å². The summed E-state index contributed by atoms with van der Waals surface area (Å²) in [7, 11) is 0. The first kappa shape index (κ1) is 16.3. The lowest BCUT2D eigenvalue weighted by Crippen LogP contribution is -2.40. The van der Waals surface area contributed by atoms with Crippen LogP contribution >= 0.6 is 0 Å². The summed E-state index contributed by atoms with van der Waals surface area (Å²) in [6.07, 6.45) is 2.15. The third kappa shape index (κ3) is 3.04. The van der Waals surface area contributed by atoms with Crippen molar-refractivity contribution >= 4 is 11.7 Å². The summed E-state index contributed by atoms with van der Waals surface area (Å²) in [5.74, 6) is 0.285. The topological polar surface area (TPSA) is 72.1 Å². The Morgan fingerprint density at radius 2 is 1.58 bits per heavy atom. The highest BCUT2D eigenvalue weighted by atomic mass is 16.2. The summed E-state index contributed by atoms with van der Waals surface area (Å²) >= 11 is 0. The first-order chi connectivity index (χ1) is 12.7. The fraction of sp³-hybridized carbons (Fsp3) is 0.190. The van der Waals surface area contributed by atoms with Crippen LogP contribution in [0.1, 0.15) is 28.3 Å². The molecule has 0 spiro atoms. The zero-order valence-corrected chi connectivity index (χ0v) is 14.4. The van der Waals surface area contributed by atoms with Crippen LogP contribution in [0, 0.1) is 0 Å². The first-order valence-electron chi connectivity index (χ1n) is 8.71. The molecule has 1 amide bonds. The number of anilines is 1. The molecule has 1 aliphatic heterocycles. The van der Waals surface area contributed by atoms with Gasteiger partial charge in [0.1, 0.15) is 12.1 Å². The molecule has 0 bridgehead atoms. The fourth-order valence-electron chi connectivity index (χ4n) is 3.52. The number of hydrogen-bond donors (Lipinski definition) is 1. The lowest BCUT2D eigenvalue weighted by Gasteiger charge is -2.31. The number of rotatable bonds is 3. The van der Waals surface area contributed by atoms with Crippen LogP contribution < -0.4 is 5.73 Å². The van der Waals surface area contributed by atoms with E-state index in [1.807, 2.05) is 65.6 Å². The van der Waals surface area contributed by atoms with Crippen molar-refractivity contribution in [1.82, 2.24) is 14.9 Å². The Kier molecular flexibility index (Phi) is 4.35. The normalized spacial score (nSPS) is 13.5. The number of nitrogens with zero attached hydrogens (tertiary/aromatic N) is 3. The van der Waals surface area contributed by atoms with Crippen LogP contribution in [-0.4, -0.2) is 27.3 Å². The van der Waals surface area contributed by atoms with Crippen molar-refractivity contribution < 1.29 is 4.79 Å². The lowest BCUT2D eigenvalue weighted by molar-refractivity contribution is -0.132. The molecule has 4 rings (SSSR count). The van der Waals surface area contributed by atoms with Gasteiger partial charge in [0.25, 0.3) is 0 Å². The molecule has 2 aromatic carbocycles. The van der Waals surface area contributed by atoms with Gasteiger partial charge in [-0.15, -0.1) is 0 Å². The number of nitrogen functional groups attached to an aromatic ring is 1. The molecule has 2 N–H and O–H groups in total. The van der Waals surface area contributed by atoms with E-state index < -0.39 is 0 Å². The van der Waals surface area contributed by atoms with Crippen molar-refractivity contribution in [2.75, 3.05) is 12.3 Å². The van der Waals surface area contributed by atoms with E-state index in [9.17, 15) is 4.79 Å². The van der Waals surface area contributed by atoms with Crippen molar-refractivity contribution in [2.24, 2.45) is 0 Å². The number of hydrogen-bond acceptors (Lipinski definition) is 4. The predicted octanol–water partition coefficient (Wildman–Crippen LogP) is 2.78. The van der Waals surface area contributed by atoms with Gasteiger partial charge in [0, 0.05) is 12.1 Å². The average Bonchev–Trinajstić information content (AvgIpc) is 2.70. The molecule has 0 unspecified atom stereocenters. The molecule has 0 saturated heterocycles. The third-order valence-electron chi connectivity index (χ3n) is 4.86. The number of carbonyl (C=O) groups excluding carboxylic acids is 1. The van der Waals surface area contributed by atoms with Crippen LogP contribution in [-0.2, 0) is 17.8 Å². The highest BCUT2D eigenvalue weighted by Crippen LogP contribution is 2.29. The van der Waals surface area contributed by atoms with E-state index in [-0.39, 0.29) is 11.8 Å². The Hall–Kier alpha value is -3.21. The molecule has 0 aliphatic carbocycles. The van der Waals surface area contributed by atoms with Crippen LogP contribution in [0.2, 0.25) is 0 Å². The summed E-state index contributed by atoms with van der Waals surface area (Å²) < 4.78 is 0. The Morgan fingerprint density at radius 3 is 2.19 bits per heavy atom. The highest BCUT2D eigenvalue weighted by molar-refractivity contribution is 5.87. The van der Waals surface area contributed by atoms with Gasteiger partial charge < -0.3 is 10.6 Å². The van der Waals surface area contributed by atoms with E-state index in [1.54, 1.807) is 0 Å². The maximum atomic E-state index is 13.4. The molecule has 0 radical (unpaired) electrons. The predicted molar refractivity (Wildman–Crippen MR) is 100 cm³/mol. The standard InChI is InChI=1S/C21H20N4O/c22-20-17-11-12-25(13-18(17)23-14-24-20)21(26)19(15-7-3-1-4-8-15)16-9-5-2-6-10-16/h1-10,14,19H,11-13H2,(H2,22,23,24). The molecule has 5 heteroatoms. The molecule has 5 nitrogen and oxygen atoms in total. The van der Waals surface area contributed by atoms with Gasteiger partial charge in [-0.3, -0.25) is 4.79 Å². The Labute approximate surface area is 152 Å². The number of amides is 1. The zero-order valence-electron chi connectivity index (χ0n) is 14.4. The maximum absolute atomic E-state index is 13.4. The molecule has 1 aromatic heterocycles. The molecular formula is C21H20N4O. The highest BCUT2D eigenvalue weighted by Gasteiger charge is 2.30. The summed E-state index contributed by atoms with van der Waals surface area (Å²) in [6.45, 7) is 1.09. The largest absolute Gasteiger partial charge is 0.383 e. The summed E-state index contributed by atoms with van der Waals surface area (Å²) in [5.41, 5.74) is 9.75. The zero-order chi connectivity index (χ0) is 17.9. The van der Waals surface area contributed by atoms with Crippen molar-refractivity contribution in [1.29, 1.82) is 0 Å². The maximum Gasteiger partial charge on any atom is 0.234 e. The van der Waals surface area contributed by atoms with Gasteiger partial charge in [-0.2, -0.15) is 0 Å². The van der Waals surface area contributed by atoms with Gasteiger partial charge in [-0.05, 0) is 17.5 Å². The second kappa shape index (κ2) is 6.96. The van der Waals surface area contributed by atoms with Crippen LogP contribution in [0.4, 0.5) is 5.82 Å². The second-order valence-corrected chi connectivity index (χ2v) is 6.45. The van der Waals surface area contributed by atoms with E-state index in [0.29, 0.717) is 25.3 Å². The number of aromatic nitrogens is 2. The molecular weight excluding hydrogens is 324 g/mol. The van der Waals surface area contributed by atoms with Gasteiger partial charge >= 0.3 is 0 Å². The molecule has 0 fully saturated rings. The lowest BCUT2D eigenvalue weighted by atomic mass is 9.89. The summed E-state index contributed by atoms with van der Waals surface area (Å²) in [5, 5.41) is 0. The average molecular weight is 344 g/mol. The fourth-order valence-corrected chi connectivity index (χ4v) is 3.52. The van der Waals surface area contributed by atoms with Gasteiger partial charge in [-0.25, -0.2) is 9.97 Å². The minimum Gasteiger partial charge on any atom is -0.383 e. The molecule has 3 aromatic rings. The van der Waals surface area contributed by atoms with Crippen molar-refractivity contribution in [3.63, 3.8) is 0 Å². The number of carbonyl (C=O) groups is 1. The molecule has 0 saturated carbocycles. The Morgan fingerprint density at radius 1 is 0.962 bits per heavy atom. The van der Waals surface area contributed by atoms with Gasteiger partial charge in [0.05, 0.1) is 18.2 Å². The number of nitrogens with two attached hydrogens (primary N) is 1. The van der Waals surface area contributed by atoms with Gasteiger partial charge in [0.15, 0.2) is 0 Å². The molecule has 26 heavy (non-hydrogen) atoms. The minimum absolute atomic E-state index is 0.0882. The first-order valence-corrected chi connectivity index (χ1v) is 8.71. The van der Waals surface area contributed by atoms with E-state index in [1.165, 1.54) is 6.33 Å². The van der Waals surface area contributed by atoms with E-state index in [0.717, 1.165) is 22.4 Å². The Bertz CT molecular complexity index is 872. The molecule has 130 valence electrons.